The molecule has 1 aromatic carbocycles. The van der Waals surface area contributed by atoms with Crippen LogP contribution in [0.3, 0.4) is 0 Å². The number of hydrogen-bond donors (Lipinski definition) is 0. The summed E-state index contributed by atoms with van der Waals surface area (Å²) in [5.74, 6) is 1.83. The molecule has 134 valence electrons. The third-order valence-electron chi connectivity index (χ3n) is 5.41. The van der Waals surface area contributed by atoms with Crippen molar-refractivity contribution in [3.05, 3.63) is 34.6 Å². The minimum Gasteiger partial charge on any atom is -0.376 e. The van der Waals surface area contributed by atoms with Crippen molar-refractivity contribution in [3.8, 4) is 0 Å². The van der Waals surface area contributed by atoms with E-state index in [-0.39, 0.29) is 11.7 Å². The Bertz CT molecular complexity index is 777. The van der Waals surface area contributed by atoms with Gasteiger partial charge in [0, 0.05) is 12.4 Å². The van der Waals surface area contributed by atoms with Crippen LogP contribution in [0.25, 0.3) is 10.9 Å². The highest BCUT2D eigenvalue weighted by Gasteiger charge is 2.21. The SMILES string of the molecule is O=c1c2ccccc2nc(SCC2CCCCC2)n1C[C@H]1CCCO1. The first kappa shape index (κ1) is 17.1. The second-order valence-corrected chi connectivity index (χ2v) is 8.26. The highest BCUT2D eigenvalue weighted by molar-refractivity contribution is 7.99. The number of thioether (sulfide) groups is 1. The predicted molar refractivity (Wildman–Crippen MR) is 102 cm³/mol. The average Bonchev–Trinajstić information content (AvgIpc) is 3.17. The van der Waals surface area contributed by atoms with Crippen molar-refractivity contribution in [1.82, 2.24) is 9.55 Å². The molecule has 1 saturated carbocycles. The summed E-state index contributed by atoms with van der Waals surface area (Å²) in [6, 6.07) is 7.69. The molecule has 0 radical (unpaired) electrons. The summed E-state index contributed by atoms with van der Waals surface area (Å²) in [6.07, 6.45) is 8.97. The fourth-order valence-corrected chi connectivity index (χ4v) is 5.15. The van der Waals surface area contributed by atoms with Gasteiger partial charge >= 0.3 is 0 Å². The second-order valence-electron chi connectivity index (χ2n) is 7.28. The Balaban J connectivity index is 1.63. The molecule has 0 spiro atoms. The van der Waals surface area contributed by atoms with Crippen molar-refractivity contribution in [2.24, 2.45) is 5.92 Å². The molecule has 0 amide bonds. The number of aromatic nitrogens is 2. The monoisotopic (exact) mass is 358 g/mol. The van der Waals surface area contributed by atoms with Gasteiger partial charge in [-0.15, -0.1) is 0 Å². The molecule has 0 bridgehead atoms. The molecule has 2 fully saturated rings. The first-order chi connectivity index (χ1) is 12.3. The zero-order valence-electron chi connectivity index (χ0n) is 14.7. The Labute approximate surface area is 153 Å². The molecule has 4 rings (SSSR count). The summed E-state index contributed by atoms with van der Waals surface area (Å²) in [5.41, 5.74) is 0.884. The van der Waals surface area contributed by atoms with Gasteiger partial charge < -0.3 is 4.74 Å². The van der Waals surface area contributed by atoms with Crippen molar-refractivity contribution in [3.63, 3.8) is 0 Å². The smallest absolute Gasteiger partial charge is 0.262 e. The van der Waals surface area contributed by atoms with E-state index in [0.717, 1.165) is 41.8 Å². The molecule has 1 atom stereocenters. The molecule has 5 heteroatoms. The summed E-state index contributed by atoms with van der Waals surface area (Å²) in [6.45, 7) is 1.44. The van der Waals surface area contributed by atoms with E-state index in [1.165, 1.54) is 32.1 Å². The van der Waals surface area contributed by atoms with E-state index in [2.05, 4.69) is 0 Å². The lowest BCUT2D eigenvalue weighted by molar-refractivity contribution is 0.0937. The van der Waals surface area contributed by atoms with E-state index in [9.17, 15) is 4.79 Å². The minimum atomic E-state index is 0.0762. The van der Waals surface area contributed by atoms with Gasteiger partial charge in [0.15, 0.2) is 5.16 Å². The van der Waals surface area contributed by atoms with Gasteiger partial charge in [-0.3, -0.25) is 9.36 Å². The van der Waals surface area contributed by atoms with Gasteiger partial charge in [-0.2, -0.15) is 0 Å². The van der Waals surface area contributed by atoms with Gasteiger partial charge in [0.2, 0.25) is 0 Å². The van der Waals surface area contributed by atoms with Crippen LogP contribution in [0, 0.1) is 5.92 Å². The quantitative estimate of drug-likeness (QED) is 0.592. The highest BCUT2D eigenvalue weighted by atomic mass is 32.2. The van der Waals surface area contributed by atoms with E-state index < -0.39 is 0 Å². The molecule has 2 aromatic rings. The summed E-state index contributed by atoms with van der Waals surface area (Å²) in [7, 11) is 0. The fraction of sp³-hybridized carbons (Fsp3) is 0.600. The number of benzene rings is 1. The maximum atomic E-state index is 13.0. The van der Waals surface area contributed by atoms with E-state index in [1.807, 2.05) is 28.8 Å². The molecular weight excluding hydrogens is 332 g/mol. The van der Waals surface area contributed by atoms with Crippen molar-refractivity contribution in [1.29, 1.82) is 0 Å². The zero-order valence-corrected chi connectivity index (χ0v) is 15.5. The second kappa shape index (κ2) is 7.92. The summed E-state index contributed by atoms with van der Waals surface area (Å²) < 4.78 is 7.64. The van der Waals surface area contributed by atoms with Crippen LogP contribution < -0.4 is 5.56 Å². The topological polar surface area (TPSA) is 44.1 Å². The van der Waals surface area contributed by atoms with E-state index in [0.29, 0.717) is 11.9 Å². The maximum absolute atomic E-state index is 13.0. The number of ether oxygens (including phenoxy) is 1. The first-order valence-electron chi connectivity index (χ1n) is 9.55. The Kier molecular flexibility index (Phi) is 5.42. The zero-order chi connectivity index (χ0) is 17.1. The van der Waals surface area contributed by atoms with Crippen LogP contribution in [-0.2, 0) is 11.3 Å². The molecule has 1 aliphatic carbocycles. The number of hydrogen-bond acceptors (Lipinski definition) is 4. The lowest BCUT2D eigenvalue weighted by atomic mass is 9.91. The van der Waals surface area contributed by atoms with Crippen molar-refractivity contribution < 1.29 is 4.74 Å². The van der Waals surface area contributed by atoms with E-state index in [1.54, 1.807) is 11.8 Å². The third-order valence-corrected chi connectivity index (χ3v) is 6.62. The Morgan fingerprint density at radius 3 is 2.76 bits per heavy atom. The molecule has 1 saturated heterocycles. The molecule has 25 heavy (non-hydrogen) atoms. The number of fused-ring (bicyclic) bond motifs is 1. The molecule has 0 N–H and O–H groups in total. The summed E-state index contributed by atoms with van der Waals surface area (Å²) >= 11 is 1.76. The van der Waals surface area contributed by atoms with Gasteiger partial charge in [0.1, 0.15) is 0 Å². The highest BCUT2D eigenvalue weighted by Crippen LogP contribution is 2.30. The normalized spacial score (nSPS) is 21.8. The van der Waals surface area contributed by atoms with Crippen LogP contribution in [0.15, 0.2) is 34.2 Å². The van der Waals surface area contributed by atoms with Gasteiger partial charge in [0.05, 0.1) is 23.6 Å². The first-order valence-corrected chi connectivity index (χ1v) is 10.5. The van der Waals surface area contributed by atoms with Gasteiger partial charge in [0.25, 0.3) is 5.56 Å². The molecule has 1 aliphatic heterocycles. The minimum absolute atomic E-state index is 0.0762. The van der Waals surface area contributed by atoms with Crippen LogP contribution in [0.5, 0.6) is 0 Å². The van der Waals surface area contributed by atoms with Gasteiger partial charge in [-0.25, -0.2) is 4.98 Å². The average molecular weight is 359 g/mol. The molecule has 2 heterocycles. The number of para-hydroxylation sites is 1. The van der Waals surface area contributed by atoms with Crippen molar-refractivity contribution >= 4 is 22.7 Å². The Morgan fingerprint density at radius 1 is 1.12 bits per heavy atom. The molecule has 2 aliphatic rings. The van der Waals surface area contributed by atoms with Crippen molar-refractivity contribution in [2.45, 2.75) is 62.8 Å². The fourth-order valence-electron chi connectivity index (χ4n) is 3.96. The van der Waals surface area contributed by atoms with E-state index >= 15 is 0 Å². The standard InChI is InChI=1S/C20H26N2O2S/c23-19-17-10-4-5-11-18(17)21-20(22(19)13-16-9-6-12-24-16)25-14-15-7-2-1-3-8-15/h4-5,10-11,15-16H,1-3,6-9,12-14H2/t16-/m1/s1. The van der Waals surface area contributed by atoms with Crippen LogP contribution in [0.1, 0.15) is 44.9 Å². The Hall–Kier alpha value is -1.33. The molecule has 4 nitrogen and oxygen atoms in total. The maximum Gasteiger partial charge on any atom is 0.262 e. The molecule has 1 aromatic heterocycles. The van der Waals surface area contributed by atoms with Gasteiger partial charge in [-0.1, -0.05) is 43.2 Å². The van der Waals surface area contributed by atoms with Crippen LogP contribution in [-0.4, -0.2) is 28.0 Å². The largest absolute Gasteiger partial charge is 0.376 e. The van der Waals surface area contributed by atoms with E-state index in [4.69, 9.17) is 9.72 Å². The third kappa shape index (κ3) is 3.93. The number of rotatable bonds is 5. The lowest BCUT2D eigenvalue weighted by Crippen LogP contribution is -2.29. The van der Waals surface area contributed by atoms with Crippen LogP contribution in [0.4, 0.5) is 0 Å². The predicted octanol–water partition coefficient (Wildman–Crippen LogP) is 4.25. The number of nitrogens with zero attached hydrogens (tertiary/aromatic N) is 2. The lowest BCUT2D eigenvalue weighted by Gasteiger charge is -2.22. The van der Waals surface area contributed by atoms with Crippen LogP contribution in [0.2, 0.25) is 0 Å². The summed E-state index contributed by atoms with van der Waals surface area (Å²) in [5, 5.41) is 1.58. The molecule has 0 unspecified atom stereocenters. The Morgan fingerprint density at radius 2 is 1.96 bits per heavy atom. The summed E-state index contributed by atoms with van der Waals surface area (Å²) in [4.78, 5) is 17.9. The molecular formula is C20H26N2O2S. The van der Waals surface area contributed by atoms with Gasteiger partial charge in [-0.05, 0) is 43.7 Å². The van der Waals surface area contributed by atoms with Crippen LogP contribution >= 0.6 is 11.8 Å². The van der Waals surface area contributed by atoms with Crippen molar-refractivity contribution in [2.75, 3.05) is 12.4 Å².